The molecule has 2 N–H and O–H groups in total. The average Bonchev–Trinajstić information content (AvgIpc) is 3.21. The second-order valence-corrected chi connectivity index (χ2v) is 6.75. The summed E-state index contributed by atoms with van der Waals surface area (Å²) in [6.45, 7) is 7.60. The normalized spacial score (nSPS) is 10.7. The molecule has 3 aromatic rings. The summed E-state index contributed by atoms with van der Waals surface area (Å²) in [6, 6.07) is 8.87. The van der Waals surface area contributed by atoms with Crippen molar-refractivity contribution in [3.63, 3.8) is 0 Å². The molecule has 2 heterocycles. The lowest BCUT2D eigenvalue weighted by molar-refractivity contribution is -0.115. The Morgan fingerprint density at radius 2 is 1.86 bits per heavy atom. The van der Waals surface area contributed by atoms with Crippen molar-refractivity contribution in [2.75, 3.05) is 5.32 Å². The summed E-state index contributed by atoms with van der Waals surface area (Å²) in [5, 5.41) is 9.54. The maximum Gasteiger partial charge on any atom is 0.251 e. The van der Waals surface area contributed by atoms with Crippen LogP contribution in [0, 0.1) is 27.7 Å². The summed E-state index contributed by atoms with van der Waals surface area (Å²) >= 11 is 0. The molecule has 0 radical (unpaired) electrons. The van der Waals surface area contributed by atoms with Gasteiger partial charge in [-0.1, -0.05) is 11.2 Å². The van der Waals surface area contributed by atoms with Crippen molar-refractivity contribution in [1.82, 2.24) is 10.5 Å². The maximum absolute atomic E-state index is 12.4. The Bertz CT molecular complexity index is 997. The van der Waals surface area contributed by atoms with Crippen LogP contribution < -0.4 is 10.6 Å². The molecule has 0 spiro atoms. The minimum absolute atomic E-state index is 0.162. The summed E-state index contributed by atoms with van der Waals surface area (Å²) in [5.41, 5.74) is 3.40. The number of benzene rings is 1. The zero-order chi connectivity index (χ0) is 20.3. The van der Waals surface area contributed by atoms with Crippen LogP contribution in [-0.4, -0.2) is 17.0 Å². The minimum atomic E-state index is -0.240. The van der Waals surface area contributed by atoms with Gasteiger partial charge < -0.3 is 19.6 Å². The molecule has 0 aliphatic rings. The van der Waals surface area contributed by atoms with E-state index < -0.39 is 0 Å². The van der Waals surface area contributed by atoms with E-state index in [1.165, 1.54) is 0 Å². The van der Waals surface area contributed by atoms with E-state index in [9.17, 15) is 9.59 Å². The molecule has 0 fully saturated rings. The topological polar surface area (TPSA) is 97.4 Å². The van der Waals surface area contributed by atoms with Gasteiger partial charge in [-0.2, -0.15) is 0 Å². The maximum atomic E-state index is 12.4. The van der Waals surface area contributed by atoms with Gasteiger partial charge in [0, 0.05) is 16.8 Å². The fourth-order valence-corrected chi connectivity index (χ4v) is 2.86. The van der Waals surface area contributed by atoms with Crippen molar-refractivity contribution in [2.45, 2.75) is 40.7 Å². The quantitative estimate of drug-likeness (QED) is 0.680. The Balaban J connectivity index is 1.66. The van der Waals surface area contributed by atoms with Gasteiger partial charge in [-0.25, -0.2) is 0 Å². The van der Waals surface area contributed by atoms with Gasteiger partial charge in [0.1, 0.15) is 17.3 Å². The van der Waals surface area contributed by atoms with Crippen molar-refractivity contribution >= 4 is 17.5 Å². The number of carbonyl (C=O) groups is 2. The van der Waals surface area contributed by atoms with E-state index in [4.69, 9.17) is 8.94 Å². The Labute approximate surface area is 163 Å². The van der Waals surface area contributed by atoms with Crippen molar-refractivity contribution in [3.05, 3.63) is 70.0 Å². The number of amides is 2. The number of hydrogen-bond acceptors (Lipinski definition) is 5. The van der Waals surface area contributed by atoms with Gasteiger partial charge in [-0.3, -0.25) is 9.59 Å². The number of carbonyl (C=O) groups excluding carboxylic acids is 2. The molecule has 146 valence electrons. The summed E-state index contributed by atoms with van der Waals surface area (Å²) in [4.78, 5) is 24.9. The first kappa shape index (κ1) is 19.4. The van der Waals surface area contributed by atoms with E-state index in [-0.39, 0.29) is 18.2 Å². The van der Waals surface area contributed by atoms with Crippen LogP contribution in [0.2, 0.25) is 0 Å². The van der Waals surface area contributed by atoms with E-state index in [0.29, 0.717) is 35.0 Å². The van der Waals surface area contributed by atoms with Gasteiger partial charge in [0.05, 0.1) is 18.7 Å². The van der Waals surface area contributed by atoms with E-state index in [1.54, 1.807) is 32.0 Å². The van der Waals surface area contributed by atoms with Crippen LogP contribution in [0.15, 0.2) is 39.3 Å². The van der Waals surface area contributed by atoms with Crippen molar-refractivity contribution in [2.24, 2.45) is 0 Å². The van der Waals surface area contributed by atoms with Gasteiger partial charge in [0.15, 0.2) is 0 Å². The molecule has 0 saturated carbocycles. The van der Waals surface area contributed by atoms with E-state index in [0.717, 1.165) is 16.9 Å². The molecular weight excluding hydrogens is 358 g/mol. The highest BCUT2D eigenvalue weighted by molar-refractivity contribution is 5.98. The third-order valence-corrected chi connectivity index (χ3v) is 4.51. The molecule has 2 aromatic heterocycles. The van der Waals surface area contributed by atoms with Crippen LogP contribution in [-0.2, 0) is 17.8 Å². The molecule has 0 saturated heterocycles. The molecule has 0 unspecified atom stereocenters. The van der Waals surface area contributed by atoms with Crippen LogP contribution in [0.3, 0.4) is 0 Å². The molecule has 28 heavy (non-hydrogen) atoms. The van der Waals surface area contributed by atoms with Crippen molar-refractivity contribution in [3.8, 4) is 0 Å². The molecule has 0 bridgehead atoms. The van der Waals surface area contributed by atoms with Gasteiger partial charge in [-0.15, -0.1) is 0 Å². The van der Waals surface area contributed by atoms with Crippen molar-refractivity contribution in [1.29, 1.82) is 0 Å². The first-order valence-corrected chi connectivity index (χ1v) is 8.99. The Hall–Kier alpha value is -3.35. The highest BCUT2D eigenvalue weighted by atomic mass is 16.5. The molecular formula is C21H23N3O4. The lowest BCUT2D eigenvalue weighted by Gasteiger charge is -2.11. The second-order valence-electron chi connectivity index (χ2n) is 6.75. The summed E-state index contributed by atoms with van der Waals surface area (Å²) in [6.07, 6.45) is 0.162. The number of aryl methyl sites for hydroxylation is 4. The standard InChI is InChI=1S/C21H23N3O4/c1-12-5-7-16(21(26)22-11-17-8-6-13(2)27-17)9-19(12)23-20(25)10-18-14(3)24-28-15(18)4/h5-9H,10-11H2,1-4H3,(H,22,26)(H,23,25). The predicted molar refractivity (Wildman–Crippen MR) is 104 cm³/mol. The minimum Gasteiger partial charge on any atom is -0.465 e. The Morgan fingerprint density at radius 3 is 2.50 bits per heavy atom. The van der Waals surface area contributed by atoms with Gasteiger partial charge in [0.2, 0.25) is 5.91 Å². The molecule has 1 aromatic carbocycles. The number of anilines is 1. The van der Waals surface area contributed by atoms with Crippen LogP contribution in [0.25, 0.3) is 0 Å². The Kier molecular flexibility index (Phi) is 5.63. The SMILES string of the molecule is Cc1ccc(CNC(=O)c2ccc(C)c(NC(=O)Cc3c(C)noc3C)c2)o1. The summed E-state index contributed by atoms with van der Waals surface area (Å²) < 4.78 is 10.5. The fraction of sp³-hybridized carbons (Fsp3) is 0.286. The van der Waals surface area contributed by atoms with Gasteiger partial charge >= 0.3 is 0 Å². The number of hydrogen-bond donors (Lipinski definition) is 2. The van der Waals surface area contributed by atoms with Crippen LogP contribution >= 0.6 is 0 Å². The van der Waals surface area contributed by atoms with E-state index in [2.05, 4.69) is 15.8 Å². The molecule has 0 aliphatic heterocycles. The summed E-state index contributed by atoms with van der Waals surface area (Å²) in [5.74, 6) is 1.68. The highest BCUT2D eigenvalue weighted by Gasteiger charge is 2.15. The first-order valence-electron chi connectivity index (χ1n) is 8.99. The second kappa shape index (κ2) is 8.12. The third-order valence-electron chi connectivity index (χ3n) is 4.51. The first-order chi connectivity index (χ1) is 13.3. The lowest BCUT2D eigenvalue weighted by Crippen LogP contribution is -2.23. The number of rotatable bonds is 6. The third kappa shape index (κ3) is 4.49. The number of aromatic nitrogens is 1. The average molecular weight is 381 g/mol. The molecule has 0 aliphatic carbocycles. The van der Waals surface area contributed by atoms with Gasteiger partial charge in [0.25, 0.3) is 5.91 Å². The predicted octanol–water partition coefficient (Wildman–Crippen LogP) is 3.61. The van der Waals surface area contributed by atoms with Crippen LogP contribution in [0.1, 0.15) is 44.5 Å². The fourth-order valence-electron chi connectivity index (χ4n) is 2.86. The van der Waals surface area contributed by atoms with Crippen LogP contribution in [0.4, 0.5) is 5.69 Å². The summed E-state index contributed by atoms with van der Waals surface area (Å²) in [7, 11) is 0. The molecule has 3 rings (SSSR count). The van der Waals surface area contributed by atoms with Crippen molar-refractivity contribution < 1.29 is 18.5 Å². The zero-order valence-corrected chi connectivity index (χ0v) is 16.4. The smallest absolute Gasteiger partial charge is 0.251 e. The zero-order valence-electron chi connectivity index (χ0n) is 16.4. The largest absolute Gasteiger partial charge is 0.465 e. The number of furan rings is 1. The molecule has 2 amide bonds. The number of nitrogens with zero attached hydrogens (tertiary/aromatic N) is 1. The van der Waals surface area contributed by atoms with Gasteiger partial charge in [-0.05, 0) is 57.5 Å². The van der Waals surface area contributed by atoms with Crippen LogP contribution in [0.5, 0.6) is 0 Å². The highest BCUT2D eigenvalue weighted by Crippen LogP contribution is 2.19. The lowest BCUT2D eigenvalue weighted by atomic mass is 10.1. The number of nitrogens with one attached hydrogen (secondary N) is 2. The van der Waals surface area contributed by atoms with E-state index in [1.807, 2.05) is 26.0 Å². The Morgan fingerprint density at radius 1 is 1.07 bits per heavy atom. The molecule has 0 atom stereocenters. The molecule has 7 heteroatoms. The monoisotopic (exact) mass is 381 g/mol. The molecule has 7 nitrogen and oxygen atoms in total. The van der Waals surface area contributed by atoms with E-state index >= 15 is 0 Å².